The molecular weight excluding hydrogens is 214 g/mol. The molecule has 0 radical (unpaired) electrons. The van der Waals surface area contributed by atoms with Crippen LogP contribution in [0.15, 0.2) is 16.9 Å². The first kappa shape index (κ1) is 13.9. The van der Waals surface area contributed by atoms with Crippen LogP contribution in [0.25, 0.3) is 0 Å². The summed E-state index contributed by atoms with van der Waals surface area (Å²) >= 11 is 0. The Labute approximate surface area is 103 Å². The molecule has 1 heterocycles. The van der Waals surface area contributed by atoms with Crippen molar-refractivity contribution in [2.75, 3.05) is 6.54 Å². The Balaban J connectivity index is 2.35. The fourth-order valence-corrected chi connectivity index (χ4v) is 1.75. The molecule has 1 unspecified atom stereocenters. The van der Waals surface area contributed by atoms with Crippen LogP contribution in [0.1, 0.15) is 38.8 Å². The molecular formula is C13H23N3O. The largest absolute Gasteiger partial charge is 0.314 e. The van der Waals surface area contributed by atoms with Crippen molar-refractivity contribution in [3.8, 4) is 0 Å². The molecule has 1 aromatic heterocycles. The van der Waals surface area contributed by atoms with Gasteiger partial charge in [-0.1, -0.05) is 6.92 Å². The Bertz CT molecular complexity index is 386. The SMILES string of the molecule is CCCNC(C)CCCn1nc(C)ccc1=O. The van der Waals surface area contributed by atoms with E-state index in [0.717, 1.165) is 31.5 Å². The van der Waals surface area contributed by atoms with E-state index in [1.807, 2.05) is 6.92 Å². The Morgan fingerprint density at radius 1 is 1.47 bits per heavy atom. The van der Waals surface area contributed by atoms with Crippen molar-refractivity contribution >= 4 is 0 Å². The lowest BCUT2D eigenvalue weighted by atomic mass is 10.2. The molecule has 0 saturated heterocycles. The highest BCUT2D eigenvalue weighted by atomic mass is 16.1. The lowest BCUT2D eigenvalue weighted by molar-refractivity contribution is 0.454. The van der Waals surface area contributed by atoms with E-state index in [9.17, 15) is 4.79 Å². The van der Waals surface area contributed by atoms with Gasteiger partial charge in [-0.05, 0) is 45.7 Å². The van der Waals surface area contributed by atoms with Crippen molar-refractivity contribution < 1.29 is 0 Å². The summed E-state index contributed by atoms with van der Waals surface area (Å²) in [6, 6.07) is 3.85. The first-order valence-electron chi connectivity index (χ1n) is 6.41. The molecule has 4 nitrogen and oxygen atoms in total. The van der Waals surface area contributed by atoms with E-state index in [2.05, 4.69) is 24.3 Å². The quantitative estimate of drug-likeness (QED) is 0.785. The van der Waals surface area contributed by atoms with Gasteiger partial charge in [0.05, 0.1) is 5.69 Å². The van der Waals surface area contributed by atoms with Gasteiger partial charge in [-0.15, -0.1) is 0 Å². The highest BCUT2D eigenvalue weighted by molar-refractivity contribution is 4.96. The second-order valence-electron chi connectivity index (χ2n) is 4.53. The third-order valence-corrected chi connectivity index (χ3v) is 2.75. The molecule has 0 aliphatic rings. The number of rotatable bonds is 7. The molecule has 0 spiro atoms. The van der Waals surface area contributed by atoms with Crippen LogP contribution in [0.3, 0.4) is 0 Å². The Morgan fingerprint density at radius 2 is 2.24 bits per heavy atom. The number of hydrogen-bond acceptors (Lipinski definition) is 3. The molecule has 96 valence electrons. The maximum absolute atomic E-state index is 11.5. The summed E-state index contributed by atoms with van der Waals surface area (Å²) in [6.07, 6.45) is 3.21. The zero-order chi connectivity index (χ0) is 12.7. The van der Waals surface area contributed by atoms with Crippen LogP contribution in [-0.4, -0.2) is 22.4 Å². The van der Waals surface area contributed by atoms with E-state index >= 15 is 0 Å². The molecule has 0 amide bonds. The molecule has 4 heteroatoms. The number of nitrogens with one attached hydrogen (secondary N) is 1. The smallest absolute Gasteiger partial charge is 0.266 e. The summed E-state index contributed by atoms with van der Waals surface area (Å²) in [6.45, 7) is 8.02. The van der Waals surface area contributed by atoms with Gasteiger partial charge in [0, 0.05) is 18.7 Å². The van der Waals surface area contributed by atoms with Crippen LogP contribution in [0.2, 0.25) is 0 Å². The predicted octanol–water partition coefficient (Wildman–Crippen LogP) is 1.72. The third kappa shape index (κ3) is 5.13. The van der Waals surface area contributed by atoms with Crippen LogP contribution in [0, 0.1) is 6.92 Å². The zero-order valence-corrected chi connectivity index (χ0v) is 11.1. The monoisotopic (exact) mass is 237 g/mol. The van der Waals surface area contributed by atoms with Gasteiger partial charge in [0.1, 0.15) is 0 Å². The molecule has 0 aromatic carbocycles. The molecule has 0 bridgehead atoms. The predicted molar refractivity (Wildman–Crippen MR) is 70.2 cm³/mol. The highest BCUT2D eigenvalue weighted by Gasteiger charge is 2.02. The highest BCUT2D eigenvalue weighted by Crippen LogP contribution is 1.98. The van der Waals surface area contributed by atoms with Crippen molar-refractivity contribution in [2.45, 2.75) is 52.6 Å². The summed E-state index contributed by atoms with van der Waals surface area (Å²) in [5.41, 5.74) is 0.881. The van der Waals surface area contributed by atoms with Crippen molar-refractivity contribution in [1.29, 1.82) is 0 Å². The van der Waals surface area contributed by atoms with Crippen LogP contribution >= 0.6 is 0 Å². The third-order valence-electron chi connectivity index (χ3n) is 2.75. The van der Waals surface area contributed by atoms with Gasteiger partial charge in [0.25, 0.3) is 5.56 Å². The first-order valence-corrected chi connectivity index (χ1v) is 6.41. The number of aryl methyl sites for hydroxylation is 2. The summed E-state index contributed by atoms with van der Waals surface area (Å²) in [4.78, 5) is 11.5. The van der Waals surface area contributed by atoms with Gasteiger partial charge >= 0.3 is 0 Å². The summed E-state index contributed by atoms with van der Waals surface area (Å²) < 4.78 is 1.56. The van der Waals surface area contributed by atoms with Gasteiger partial charge < -0.3 is 5.32 Å². The van der Waals surface area contributed by atoms with E-state index in [1.54, 1.807) is 16.8 Å². The van der Waals surface area contributed by atoms with E-state index in [0.29, 0.717) is 12.6 Å². The van der Waals surface area contributed by atoms with Crippen molar-refractivity contribution in [3.05, 3.63) is 28.2 Å². The lowest BCUT2D eigenvalue weighted by Crippen LogP contribution is -2.28. The van der Waals surface area contributed by atoms with Gasteiger partial charge in [-0.25, -0.2) is 4.68 Å². The summed E-state index contributed by atoms with van der Waals surface area (Å²) in [5.74, 6) is 0. The Morgan fingerprint density at radius 3 is 2.94 bits per heavy atom. The van der Waals surface area contributed by atoms with Gasteiger partial charge in [-0.2, -0.15) is 5.10 Å². The molecule has 1 rings (SSSR count). The summed E-state index contributed by atoms with van der Waals surface area (Å²) in [5, 5.41) is 7.65. The molecule has 0 aliphatic heterocycles. The van der Waals surface area contributed by atoms with E-state index in [4.69, 9.17) is 0 Å². The van der Waals surface area contributed by atoms with Crippen LogP contribution in [0.5, 0.6) is 0 Å². The minimum Gasteiger partial charge on any atom is -0.314 e. The standard InChI is InChI=1S/C13H23N3O/c1-4-9-14-11(2)6-5-10-16-13(17)8-7-12(3)15-16/h7-8,11,14H,4-6,9-10H2,1-3H3. The number of hydrogen-bond donors (Lipinski definition) is 1. The van der Waals surface area contributed by atoms with Crippen LogP contribution in [-0.2, 0) is 6.54 Å². The summed E-state index contributed by atoms with van der Waals surface area (Å²) in [7, 11) is 0. The Kier molecular flexibility index (Phi) is 5.91. The maximum atomic E-state index is 11.5. The molecule has 1 atom stereocenters. The maximum Gasteiger partial charge on any atom is 0.266 e. The minimum atomic E-state index is -0.00947. The van der Waals surface area contributed by atoms with Crippen molar-refractivity contribution in [3.63, 3.8) is 0 Å². The van der Waals surface area contributed by atoms with Crippen molar-refractivity contribution in [1.82, 2.24) is 15.1 Å². The fraction of sp³-hybridized carbons (Fsp3) is 0.692. The van der Waals surface area contributed by atoms with Gasteiger partial charge in [0.2, 0.25) is 0 Å². The number of nitrogens with zero attached hydrogens (tertiary/aromatic N) is 2. The fourth-order valence-electron chi connectivity index (χ4n) is 1.75. The molecule has 17 heavy (non-hydrogen) atoms. The average Bonchev–Trinajstić information content (AvgIpc) is 2.31. The van der Waals surface area contributed by atoms with Crippen molar-refractivity contribution in [2.24, 2.45) is 0 Å². The molecule has 0 aliphatic carbocycles. The molecule has 1 aromatic rings. The molecule has 0 fully saturated rings. The number of aromatic nitrogens is 2. The normalized spacial score (nSPS) is 12.6. The van der Waals surface area contributed by atoms with Crippen LogP contribution < -0.4 is 10.9 Å². The lowest BCUT2D eigenvalue weighted by Gasteiger charge is -2.13. The van der Waals surface area contributed by atoms with E-state index in [-0.39, 0.29) is 5.56 Å². The van der Waals surface area contributed by atoms with Crippen LogP contribution in [0.4, 0.5) is 0 Å². The second-order valence-corrected chi connectivity index (χ2v) is 4.53. The molecule has 0 saturated carbocycles. The minimum absolute atomic E-state index is 0.00947. The topological polar surface area (TPSA) is 46.9 Å². The average molecular weight is 237 g/mol. The second kappa shape index (κ2) is 7.22. The van der Waals surface area contributed by atoms with E-state index in [1.165, 1.54) is 0 Å². The zero-order valence-electron chi connectivity index (χ0n) is 11.1. The van der Waals surface area contributed by atoms with Gasteiger partial charge in [0.15, 0.2) is 0 Å². The molecule has 1 N–H and O–H groups in total. The Hall–Kier alpha value is -1.16. The van der Waals surface area contributed by atoms with E-state index < -0.39 is 0 Å². The first-order chi connectivity index (χ1) is 8.13. The van der Waals surface area contributed by atoms with Gasteiger partial charge in [-0.3, -0.25) is 4.79 Å².